The molecule has 5 rings (SSSR count). The van der Waals surface area contributed by atoms with E-state index in [1.807, 2.05) is 0 Å². The van der Waals surface area contributed by atoms with Crippen molar-refractivity contribution in [2.75, 3.05) is 13.1 Å². The van der Waals surface area contributed by atoms with Gasteiger partial charge in [0.25, 0.3) is 11.8 Å². The third-order valence-electron chi connectivity index (χ3n) is 7.05. The highest BCUT2D eigenvalue weighted by atomic mass is 19.3. The van der Waals surface area contributed by atoms with Gasteiger partial charge in [0.05, 0.1) is 43.8 Å². The number of aromatic nitrogens is 4. The minimum Gasteiger partial charge on any atom is -0.364 e. The standard InChI is InChI=1S/C24H25F6N7O4/c25-21(26)40-10-17-15(9-41-35-17)20(38)34-19(14-1-3-23(27,28)4-2-14)16-8-37-18(33-16)5-13(6-32-37)7-36-12-24(29,30)11-31-22(36)39/h5-6,8-9,14,19,21H,1-4,7,10-12H2,(H,31,39)(H,34,38)/t19-/m0/s1. The molecule has 2 N–H and O–H groups in total. The van der Waals surface area contributed by atoms with Gasteiger partial charge in [0.2, 0.25) is 5.92 Å². The van der Waals surface area contributed by atoms with E-state index in [0.717, 1.165) is 11.2 Å². The molecule has 3 aromatic heterocycles. The van der Waals surface area contributed by atoms with Crippen molar-refractivity contribution in [3.05, 3.63) is 47.2 Å². The molecular weight excluding hydrogens is 564 g/mol. The van der Waals surface area contributed by atoms with Gasteiger partial charge in [-0.3, -0.25) is 4.79 Å². The summed E-state index contributed by atoms with van der Waals surface area (Å²) in [6.45, 7) is -5.48. The fraction of sp³-hybridized carbons (Fsp3) is 0.542. The number of alkyl halides is 6. The maximum absolute atomic E-state index is 13.9. The number of hydrogen-bond acceptors (Lipinski definition) is 7. The average molecular weight is 589 g/mol. The van der Waals surface area contributed by atoms with E-state index in [2.05, 4.69) is 30.6 Å². The molecule has 0 unspecified atom stereocenters. The van der Waals surface area contributed by atoms with Gasteiger partial charge in [-0.15, -0.1) is 0 Å². The number of ether oxygens (including phenoxy) is 1. The van der Waals surface area contributed by atoms with Crippen LogP contribution in [0, 0.1) is 5.92 Å². The molecule has 3 amide bonds. The van der Waals surface area contributed by atoms with Crippen LogP contribution in [0.15, 0.2) is 29.2 Å². The number of imidazole rings is 1. The maximum Gasteiger partial charge on any atom is 0.345 e. The van der Waals surface area contributed by atoms with Crippen molar-refractivity contribution in [2.24, 2.45) is 5.92 Å². The lowest BCUT2D eigenvalue weighted by atomic mass is 9.81. The van der Waals surface area contributed by atoms with Gasteiger partial charge in [0.1, 0.15) is 17.5 Å². The number of carbonyl (C=O) groups is 2. The molecule has 222 valence electrons. The first-order valence-corrected chi connectivity index (χ1v) is 12.7. The molecule has 0 bridgehead atoms. The Bertz CT molecular complexity index is 1400. The molecule has 2 fully saturated rings. The van der Waals surface area contributed by atoms with Gasteiger partial charge >= 0.3 is 12.6 Å². The summed E-state index contributed by atoms with van der Waals surface area (Å²) >= 11 is 0. The van der Waals surface area contributed by atoms with Gasteiger partial charge in [0, 0.05) is 19.4 Å². The average Bonchev–Trinajstić information content (AvgIpc) is 3.55. The summed E-state index contributed by atoms with van der Waals surface area (Å²) in [4.78, 5) is 30.7. The predicted molar refractivity (Wildman–Crippen MR) is 126 cm³/mol. The molecule has 17 heteroatoms. The number of fused-ring (bicyclic) bond motifs is 1. The number of hydrogen-bond donors (Lipinski definition) is 2. The molecule has 1 aliphatic carbocycles. The minimum absolute atomic E-state index is 0.0633. The molecule has 0 radical (unpaired) electrons. The summed E-state index contributed by atoms with van der Waals surface area (Å²) in [6, 6.07) is 0.00218. The van der Waals surface area contributed by atoms with Crippen LogP contribution in [0.25, 0.3) is 5.65 Å². The second-order valence-electron chi connectivity index (χ2n) is 10.1. The smallest absolute Gasteiger partial charge is 0.345 e. The lowest BCUT2D eigenvalue weighted by Gasteiger charge is -2.33. The summed E-state index contributed by atoms with van der Waals surface area (Å²) in [5.41, 5.74) is 0.608. The molecule has 4 heterocycles. The monoisotopic (exact) mass is 589 g/mol. The van der Waals surface area contributed by atoms with E-state index in [1.165, 1.54) is 23.0 Å². The molecule has 0 aromatic carbocycles. The Morgan fingerprint density at radius 2 is 1.98 bits per heavy atom. The van der Waals surface area contributed by atoms with Crippen molar-refractivity contribution in [3.63, 3.8) is 0 Å². The zero-order valence-corrected chi connectivity index (χ0v) is 21.3. The molecule has 11 nitrogen and oxygen atoms in total. The van der Waals surface area contributed by atoms with E-state index in [0.29, 0.717) is 5.56 Å². The van der Waals surface area contributed by atoms with Gasteiger partial charge in [0.15, 0.2) is 5.65 Å². The SMILES string of the molecule is O=C(N[C@H](c1cn2ncc(CN3CC(F)(F)CNC3=O)cc2n1)C1CCC(F)(F)CC1)c1conc1COC(F)F. The van der Waals surface area contributed by atoms with Crippen LogP contribution in [0.4, 0.5) is 31.1 Å². The van der Waals surface area contributed by atoms with Gasteiger partial charge < -0.3 is 24.8 Å². The van der Waals surface area contributed by atoms with Crippen LogP contribution in [0.2, 0.25) is 0 Å². The molecule has 1 saturated carbocycles. The minimum atomic E-state index is -3.10. The van der Waals surface area contributed by atoms with Crippen LogP contribution in [-0.2, 0) is 17.9 Å². The Morgan fingerprint density at radius 1 is 1.22 bits per heavy atom. The number of rotatable bonds is 9. The molecular formula is C24H25F6N7O4. The Morgan fingerprint density at radius 3 is 2.71 bits per heavy atom. The van der Waals surface area contributed by atoms with Crippen molar-refractivity contribution in [1.82, 2.24) is 35.3 Å². The Balaban J connectivity index is 1.39. The zero-order chi connectivity index (χ0) is 29.4. The fourth-order valence-corrected chi connectivity index (χ4v) is 4.98. The lowest BCUT2D eigenvalue weighted by Crippen LogP contribution is -2.56. The highest BCUT2D eigenvalue weighted by Gasteiger charge is 2.40. The van der Waals surface area contributed by atoms with Gasteiger partial charge in [-0.25, -0.2) is 31.9 Å². The molecule has 1 saturated heterocycles. The normalized spacial score (nSPS) is 19.9. The first-order chi connectivity index (χ1) is 19.4. The molecule has 41 heavy (non-hydrogen) atoms. The van der Waals surface area contributed by atoms with Crippen LogP contribution >= 0.6 is 0 Å². The maximum atomic E-state index is 13.9. The Hall–Kier alpha value is -3.89. The largest absolute Gasteiger partial charge is 0.364 e. The van der Waals surface area contributed by atoms with E-state index >= 15 is 0 Å². The highest BCUT2D eigenvalue weighted by Crippen LogP contribution is 2.41. The number of carbonyl (C=O) groups excluding carboxylic acids is 2. The number of nitrogens with one attached hydrogen (secondary N) is 2. The number of nitrogens with zero attached hydrogens (tertiary/aromatic N) is 5. The summed E-state index contributed by atoms with van der Waals surface area (Å²) < 4.78 is 90.8. The van der Waals surface area contributed by atoms with E-state index in [4.69, 9.17) is 4.52 Å². The first kappa shape index (κ1) is 28.6. The topological polar surface area (TPSA) is 127 Å². The summed E-state index contributed by atoms with van der Waals surface area (Å²) in [5.74, 6) is -7.15. The lowest BCUT2D eigenvalue weighted by molar-refractivity contribution is -0.138. The van der Waals surface area contributed by atoms with Gasteiger partial charge in [-0.05, 0) is 30.4 Å². The predicted octanol–water partition coefficient (Wildman–Crippen LogP) is 3.91. The fourth-order valence-electron chi connectivity index (χ4n) is 4.98. The van der Waals surface area contributed by atoms with Crippen LogP contribution < -0.4 is 10.6 Å². The van der Waals surface area contributed by atoms with Gasteiger partial charge in [-0.2, -0.15) is 13.9 Å². The number of amides is 3. The molecule has 0 spiro atoms. The van der Waals surface area contributed by atoms with Crippen LogP contribution in [0.5, 0.6) is 0 Å². The summed E-state index contributed by atoms with van der Waals surface area (Å²) in [5, 5.41) is 12.6. The summed E-state index contributed by atoms with van der Waals surface area (Å²) in [7, 11) is 0. The van der Waals surface area contributed by atoms with Crippen molar-refractivity contribution >= 4 is 17.6 Å². The second-order valence-corrected chi connectivity index (χ2v) is 10.1. The van der Waals surface area contributed by atoms with E-state index in [-0.39, 0.29) is 42.0 Å². The second kappa shape index (κ2) is 11.2. The van der Waals surface area contributed by atoms with Crippen LogP contribution in [0.3, 0.4) is 0 Å². The molecule has 3 aromatic rings. The van der Waals surface area contributed by atoms with Crippen molar-refractivity contribution < 1.29 is 45.2 Å². The Kier molecular flexibility index (Phi) is 7.80. The van der Waals surface area contributed by atoms with Crippen molar-refractivity contribution in [2.45, 2.75) is 63.3 Å². The summed E-state index contributed by atoms with van der Waals surface area (Å²) in [6.07, 6.45) is 3.16. The molecule has 1 aliphatic heterocycles. The van der Waals surface area contributed by atoms with Crippen molar-refractivity contribution in [1.29, 1.82) is 0 Å². The Labute approximate surface area is 228 Å². The number of urea groups is 1. The first-order valence-electron chi connectivity index (χ1n) is 12.7. The quantitative estimate of drug-likeness (QED) is 0.363. The van der Waals surface area contributed by atoms with E-state index in [9.17, 15) is 35.9 Å². The van der Waals surface area contributed by atoms with Gasteiger partial charge in [-0.1, -0.05) is 5.16 Å². The third kappa shape index (κ3) is 6.71. The van der Waals surface area contributed by atoms with E-state index < -0.39 is 74.9 Å². The van der Waals surface area contributed by atoms with Crippen LogP contribution in [0.1, 0.15) is 59.0 Å². The molecule has 1 atom stereocenters. The highest BCUT2D eigenvalue weighted by molar-refractivity contribution is 5.95. The zero-order valence-electron chi connectivity index (χ0n) is 21.3. The van der Waals surface area contributed by atoms with E-state index in [1.54, 1.807) is 0 Å². The number of halogens is 6. The van der Waals surface area contributed by atoms with Crippen LogP contribution in [-0.4, -0.2) is 68.1 Å². The third-order valence-corrected chi connectivity index (χ3v) is 7.05. The molecule has 2 aliphatic rings. The van der Waals surface area contributed by atoms with Crippen molar-refractivity contribution in [3.8, 4) is 0 Å².